The molecule has 0 saturated heterocycles. The Morgan fingerprint density at radius 1 is 1.67 bits per heavy atom. The standard InChI is InChI=1S/C9H6BrClN2O2/c1-5-7(11)2-3-13-8(5)6(4-12-13)9(14)15-10/h2-4H,1H3. The van der Waals surface area contributed by atoms with Crippen LogP contribution < -0.4 is 0 Å². The molecule has 0 saturated carbocycles. The molecule has 0 spiro atoms. The Morgan fingerprint density at radius 2 is 2.40 bits per heavy atom. The van der Waals surface area contributed by atoms with Gasteiger partial charge in [0.2, 0.25) is 0 Å². The van der Waals surface area contributed by atoms with E-state index < -0.39 is 5.97 Å². The van der Waals surface area contributed by atoms with Crippen molar-refractivity contribution in [1.82, 2.24) is 9.61 Å². The first-order valence-electron chi connectivity index (χ1n) is 4.10. The fraction of sp³-hybridized carbons (Fsp3) is 0.111. The third-order valence-corrected chi connectivity index (χ3v) is 2.86. The number of hydrogen-bond acceptors (Lipinski definition) is 3. The van der Waals surface area contributed by atoms with E-state index in [4.69, 9.17) is 11.6 Å². The molecular formula is C9H6BrClN2O2. The largest absolute Gasteiger partial charge is 0.380 e. The quantitative estimate of drug-likeness (QED) is 0.811. The van der Waals surface area contributed by atoms with Gasteiger partial charge in [-0.25, -0.2) is 9.31 Å². The van der Waals surface area contributed by atoms with Crippen LogP contribution in [0.2, 0.25) is 5.02 Å². The summed E-state index contributed by atoms with van der Waals surface area (Å²) >= 11 is 8.60. The number of carbonyl (C=O) groups excluding carboxylic acids is 1. The smallest absolute Gasteiger partial charge is 0.353 e. The molecule has 4 nitrogen and oxygen atoms in total. The van der Waals surface area contributed by atoms with E-state index in [2.05, 4.69) is 25.2 Å². The lowest BCUT2D eigenvalue weighted by atomic mass is 10.2. The van der Waals surface area contributed by atoms with Crippen molar-refractivity contribution in [3.8, 4) is 0 Å². The fourth-order valence-corrected chi connectivity index (χ4v) is 1.73. The summed E-state index contributed by atoms with van der Waals surface area (Å²) in [5.74, 6) is -0.490. The van der Waals surface area contributed by atoms with Crippen molar-refractivity contribution in [1.29, 1.82) is 0 Å². The molecule has 0 amide bonds. The minimum Gasteiger partial charge on any atom is -0.380 e. The van der Waals surface area contributed by atoms with Crippen LogP contribution in [-0.4, -0.2) is 15.6 Å². The summed E-state index contributed by atoms with van der Waals surface area (Å²) < 4.78 is 6.06. The van der Waals surface area contributed by atoms with Crippen molar-refractivity contribution in [2.24, 2.45) is 0 Å². The van der Waals surface area contributed by atoms with E-state index in [0.717, 1.165) is 5.56 Å². The third-order valence-electron chi connectivity index (χ3n) is 2.16. The molecule has 2 aromatic heterocycles. The third kappa shape index (κ3) is 1.61. The van der Waals surface area contributed by atoms with Crippen molar-refractivity contribution in [2.45, 2.75) is 6.92 Å². The number of hydrogen-bond donors (Lipinski definition) is 0. The van der Waals surface area contributed by atoms with Crippen molar-refractivity contribution >= 4 is 39.3 Å². The molecule has 0 unspecified atom stereocenters. The molecule has 0 N–H and O–H groups in total. The van der Waals surface area contributed by atoms with Crippen LogP contribution in [0.5, 0.6) is 0 Å². The molecule has 0 radical (unpaired) electrons. The van der Waals surface area contributed by atoms with Crippen molar-refractivity contribution in [3.05, 3.63) is 34.6 Å². The van der Waals surface area contributed by atoms with Gasteiger partial charge in [-0.05, 0) is 18.6 Å². The highest BCUT2D eigenvalue weighted by atomic mass is 79.9. The fourth-order valence-electron chi connectivity index (χ4n) is 1.41. The molecule has 0 atom stereocenters. The molecule has 2 heterocycles. The summed E-state index contributed by atoms with van der Waals surface area (Å²) in [7, 11) is 0. The Labute approximate surface area is 99.2 Å². The van der Waals surface area contributed by atoms with Crippen molar-refractivity contribution < 1.29 is 8.62 Å². The molecule has 6 heteroatoms. The van der Waals surface area contributed by atoms with Gasteiger partial charge >= 0.3 is 5.97 Å². The number of rotatable bonds is 1. The van der Waals surface area contributed by atoms with Gasteiger partial charge in [0.15, 0.2) is 16.3 Å². The molecule has 0 aliphatic rings. The Balaban J connectivity index is 2.77. The van der Waals surface area contributed by atoms with E-state index in [9.17, 15) is 4.79 Å². The Morgan fingerprint density at radius 3 is 3.07 bits per heavy atom. The number of carbonyl (C=O) groups is 1. The number of fused-ring (bicyclic) bond motifs is 1. The van der Waals surface area contributed by atoms with Gasteiger partial charge in [0.25, 0.3) is 0 Å². The zero-order valence-corrected chi connectivity index (χ0v) is 10.0. The van der Waals surface area contributed by atoms with Crippen LogP contribution in [0.3, 0.4) is 0 Å². The van der Waals surface area contributed by atoms with Gasteiger partial charge in [0, 0.05) is 11.2 Å². The lowest BCUT2D eigenvalue weighted by molar-refractivity contribution is 0.0784. The maximum Gasteiger partial charge on any atom is 0.353 e. The summed E-state index contributed by atoms with van der Waals surface area (Å²) in [6.45, 7) is 1.82. The number of halogens is 2. The van der Waals surface area contributed by atoms with Crippen LogP contribution >= 0.6 is 27.9 Å². The zero-order valence-electron chi connectivity index (χ0n) is 7.70. The van der Waals surface area contributed by atoms with E-state index in [1.165, 1.54) is 6.20 Å². The molecule has 2 rings (SSSR count). The highest BCUT2D eigenvalue weighted by Crippen LogP contribution is 2.23. The van der Waals surface area contributed by atoms with Gasteiger partial charge in [0.05, 0.1) is 11.7 Å². The average Bonchev–Trinajstić information content (AvgIpc) is 2.67. The van der Waals surface area contributed by atoms with Gasteiger partial charge in [-0.15, -0.1) is 0 Å². The summed E-state index contributed by atoms with van der Waals surface area (Å²) in [5, 5.41) is 4.62. The van der Waals surface area contributed by atoms with Crippen molar-refractivity contribution in [3.63, 3.8) is 0 Å². The van der Waals surface area contributed by atoms with Crippen LogP contribution in [0.25, 0.3) is 5.52 Å². The molecule has 0 aliphatic carbocycles. The molecule has 0 fully saturated rings. The number of nitrogens with zero attached hydrogens (tertiary/aromatic N) is 2. The lowest BCUT2D eigenvalue weighted by Crippen LogP contribution is -1.98. The van der Waals surface area contributed by atoms with Crippen LogP contribution in [0, 0.1) is 6.92 Å². The van der Waals surface area contributed by atoms with Gasteiger partial charge in [0.1, 0.15) is 5.56 Å². The molecule has 0 aliphatic heterocycles. The van der Waals surface area contributed by atoms with Crippen LogP contribution in [0.1, 0.15) is 15.9 Å². The van der Waals surface area contributed by atoms with Gasteiger partial charge in [-0.3, -0.25) is 0 Å². The lowest BCUT2D eigenvalue weighted by Gasteiger charge is -2.02. The Bertz CT molecular complexity index is 538. The van der Waals surface area contributed by atoms with Gasteiger partial charge in [-0.1, -0.05) is 11.6 Å². The van der Waals surface area contributed by atoms with Gasteiger partial charge in [-0.2, -0.15) is 5.10 Å². The Hall–Kier alpha value is -1.07. The first-order chi connectivity index (χ1) is 7.15. The predicted octanol–water partition coefficient (Wildman–Crippen LogP) is 2.76. The van der Waals surface area contributed by atoms with E-state index >= 15 is 0 Å². The van der Waals surface area contributed by atoms with Gasteiger partial charge < -0.3 is 3.83 Å². The molecule has 0 bridgehead atoms. The minimum atomic E-state index is -0.490. The van der Waals surface area contributed by atoms with E-state index in [1.807, 2.05) is 6.92 Å². The van der Waals surface area contributed by atoms with Crippen LogP contribution in [0.15, 0.2) is 18.5 Å². The number of pyridine rings is 1. The van der Waals surface area contributed by atoms with Crippen LogP contribution in [-0.2, 0) is 3.83 Å². The summed E-state index contributed by atoms with van der Waals surface area (Å²) in [6.07, 6.45) is 3.14. The molecule has 78 valence electrons. The monoisotopic (exact) mass is 288 g/mol. The first-order valence-corrected chi connectivity index (χ1v) is 5.13. The zero-order chi connectivity index (χ0) is 11.0. The maximum atomic E-state index is 11.4. The van der Waals surface area contributed by atoms with E-state index in [0.29, 0.717) is 16.1 Å². The van der Waals surface area contributed by atoms with Crippen molar-refractivity contribution in [2.75, 3.05) is 0 Å². The minimum absolute atomic E-state index is 0.381. The van der Waals surface area contributed by atoms with E-state index in [-0.39, 0.29) is 0 Å². The second-order valence-corrected chi connectivity index (χ2v) is 3.74. The SMILES string of the molecule is Cc1c(Cl)ccn2ncc(C(=O)OBr)c12. The molecule has 15 heavy (non-hydrogen) atoms. The average molecular weight is 290 g/mol. The Kier molecular flexibility index (Phi) is 2.67. The molecular weight excluding hydrogens is 283 g/mol. The topological polar surface area (TPSA) is 43.6 Å². The molecule has 2 aromatic rings. The molecule has 0 aromatic carbocycles. The number of aryl methyl sites for hydroxylation is 1. The summed E-state index contributed by atoms with van der Waals surface area (Å²) in [4.78, 5) is 11.4. The normalized spacial score (nSPS) is 10.6. The maximum absolute atomic E-state index is 11.4. The second-order valence-electron chi connectivity index (χ2n) is 3.00. The highest BCUT2D eigenvalue weighted by molar-refractivity contribution is 9.06. The second kappa shape index (κ2) is 3.83. The summed E-state index contributed by atoms with van der Waals surface area (Å²) in [6, 6.07) is 1.72. The predicted molar refractivity (Wildman–Crippen MR) is 59.3 cm³/mol. The van der Waals surface area contributed by atoms with Crippen LogP contribution in [0.4, 0.5) is 0 Å². The van der Waals surface area contributed by atoms with E-state index in [1.54, 1.807) is 16.8 Å². The summed E-state index contributed by atoms with van der Waals surface area (Å²) in [5.41, 5.74) is 1.84. The number of aromatic nitrogens is 2. The highest BCUT2D eigenvalue weighted by Gasteiger charge is 2.16. The first kappa shape index (κ1) is 10.4.